The van der Waals surface area contributed by atoms with E-state index in [1.54, 1.807) is 0 Å². The quantitative estimate of drug-likeness (QED) is 0.666. The van der Waals surface area contributed by atoms with Gasteiger partial charge in [0.15, 0.2) is 0 Å². The highest BCUT2D eigenvalue weighted by Crippen LogP contribution is 2.44. The molecular formula is C18H18S2. The Morgan fingerprint density at radius 3 is 2.30 bits per heavy atom. The molecule has 0 saturated heterocycles. The van der Waals surface area contributed by atoms with Gasteiger partial charge in [0, 0.05) is 11.2 Å². The van der Waals surface area contributed by atoms with Crippen molar-refractivity contribution in [3.63, 3.8) is 0 Å². The second-order valence-corrected chi connectivity index (χ2v) is 7.44. The van der Waals surface area contributed by atoms with Crippen molar-refractivity contribution < 1.29 is 0 Å². The molecule has 0 nitrogen and oxygen atoms in total. The monoisotopic (exact) mass is 298 g/mol. The Hall–Kier alpha value is -1.12. The Morgan fingerprint density at radius 1 is 0.850 bits per heavy atom. The number of aryl methyl sites for hydroxylation is 1. The summed E-state index contributed by atoms with van der Waals surface area (Å²) in [5.41, 5.74) is 2.88. The van der Waals surface area contributed by atoms with Crippen molar-refractivity contribution in [2.45, 2.75) is 24.0 Å². The highest BCUT2D eigenvalue weighted by molar-refractivity contribution is 8.78. The van der Waals surface area contributed by atoms with Crippen LogP contribution in [0.4, 0.5) is 0 Å². The van der Waals surface area contributed by atoms with Crippen molar-refractivity contribution >= 4 is 21.6 Å². The van der Waals surface area contributed by atoms with Gasteiger partial charge in [-0.25, -0.2) is 0 Å². The lowest BCUT2D eigenvalue weighted by atomic mass is 9.92. The van der Waals surface area contributed by atoms with E-state index in [2.05, 4.69) is 72.1 Å². The predicted molar refractivity (Wildman–Crippen MR) is 92.1 cm³/mol. The zero-order chi connectivity index (χ0) is 13.6. The van der Waals surface area contributed by atoms with E-state index >= 15 is 0 Å². The Bertz CT molecular complexity index is 548. The molecule has 2 atom stereocenters. The molecule has 3 rings (SSSR count). The van der Waals surface area contributed by atoms with Crippen molar-refractivity contribution in [2.75, 3.05) is 0 Å². The van der Waals surface area contributed by atoms with Crippen LogP contribution in [-0.4, -0.2) is 5.25 Å². The summed E-state index contributed by atoms with van der Waals surface area (Å²) in [6, 6.07) is 21.7. The van der Waals surface area contributed by atoms with Crippen molar-refractivity contribution in [2.24, 2.45) is 0 Å². The van der Waals surface area contributed by atoms with Crippen LogP contribution in [0.5, 0.6) is 0 Å². The highest BCUT2D eigenvalue weighted by atomic mass is 33.1. The van der Waals surface area contributed by atoms with Crippen molar-refractivity contribution in [3.8, 4) is 0 Å². The van der Waals surface area contributed by atoms with Crippen LogP contribution >= 0.6 is 21.6 Å². The first-order valence-corrected chi connectivity index (χ1v) is 9.29. The van der Waals surface area contributed by atoms with Gasteiger partial charge in [0.2, 0.25) is 0 Å². The fourth-order valence-electron chi connectivity index (χ4n) is 2.59. The number of benzene rings is 2. The topological polar surface area (TPSA) is 0 Å². The standard InChI is InChI=1S/C18H18S2/c1-3-7-15(8-4-1)11-12-18-17(13-14-19-20-18)16-9-5-2-6-10-16/h1-10,13-14,17-18H,11-12H2. The third-order valence-corrected chi connectivity index (χ3v) is 6.23. The lowest BCUT2D eigenvalue weighted by Crippen LogP contribution is -2.15. The fraction of sp³-hybridized carbons (Fsp3) is 0.222. The van der Waals surface area contributed by atoms with Crippen LogP contribution in [0.3, 0.4) is 0 Å². The van der Waals surface area contributed by atoms with Crippen LogP contribution < -0.4 is 0 Å². The summed E-state index contributed by atoms with van der Waals surface area (Å²) in [5, 5.41) is 2.90. The fourth-order valence-corrected chi connectivity index (χ4v) is 5.07. The molecule has 102 valence electrons. The molecule has 0 saturated carbocycles. The van der Waals surface area contributed by atoms with Gasteiger partial charge < -0.3 is 0 Å². The van der Waals surface area contributed by atoms with Crippen LogP contribution in [0.2, 0.25) is 0 Å². The van der Waals surface area contributed by atoms with Gasteiger partial charge in [0.1, 0.15) is 0 Å². The summed E-state index contributed by atoms with van der Waals surface area (Å²) in [6.07, 6.45) is 4.76. The molecule has 2 aromatic carbocycles. The molecule has 0 spiro atoms. The third-order valence-electron chi connectivity index (χ3n) is 3.67. The third kappa shape index (κ3) is 3.50. The number of allylic oxidation sites excluding steroid dienone is 1. The summed E-state index contributed by atoms with van der Waals surface area (Å²) in [5.74, 6) is 0.547. The van der Waals surface area contributed by atoms with Crippen LogP contribution in [0.1, 0.15) is 23.5 Å². The lowest BCUT2D eigenvalue weighted by Gasteiger charge is -2.27. The molecule has 0 fully saturated rings. The second kappa shape index (κ2) is 7.05. The molecule has 1 aliphatic rings. The minimum atomic E-state index is 0.547. The van der Waals surface area contributed by atoms with E-state index in [0.717, 1.165) is 6.42 Å². The van der Waals surface area contributed by atoms with E-state index in [1.807, 2.05) is 21.6 Å². The molecule has 1 aliphatic heterocycles. The predicted octanol–water partition coefficient (Wildman–Crippen LogP) is 5.68. The minimum Gasteiger partial charge on any atom is -0.0851 e. The number of hydrogen-bond donors (Lipinski definition) is 0. The summed E-state index contributed by atoms with van der Waals surface area (Å²) < 4.78 is 0. The molecule has 1 heterocycles. The highest BCUT2D eigenvalue weighted by Gasteiger charge is 2.24. The van der Waals surface area contributed by atoms with Gasteiger partial charge in [-0.2, -0.15) is 0 Å². The molecule has 0 amide bonds. The van der Waals surface area contributed by atoms with E-state index in [-0.39, 0.29) is 0 Å². The molecule has 0 aliphatic carbocycles. The maximum Gasteiger partial charge on any atom is 0.0261 e. The maximum absolute atomic E-state index is 2.37. The number of hydrogen-bond acceptors (Lipinski definition) is 2. The average Bonchev–Trinajstić information content (AvgIpc) is 2.55. The van der Waals surface area contributed by atoms with Crippen LogP contribution in [0.25, 0.3) is 0 Å². The number of rotatable bonds is 4. The Morgan fingerprint density at radius 2 is 1.55 bits per heavy atom. The van der Waals surface area contributed by atoms with E-state index < -0.39 is 0 Å². The summed E-state index contributed by atoms with van der Waals surface area (Å²) in [6.45, 7) is 0. The molecule has 0 radical (unpaired) electrons. The second-order valence-electron chi connectivity index (χ2n) is 5.02. The first kappa shape index (κ1) is 13.8. The molecule has 2 aromatic rings. The molecule has 0 bridgehead atoms. The zero-order valence-electron chi connectivity index (χ0n) is 11.3. The van der Waals surface area contributed by atoms with E-state index in [0.29, 0.717) is 11.2 Å². The SMILES string of the molecule is C1=CC(c2ccccc2)C(CCc2ccccc2)SS1. The minimum absolute atomic E-state index is 0.547. The molecule has 20 heavy (non-hydrogen) atoms. The van der Waals surface area contributed by atoms with Gasteiger partial charge in [-0.15, -0.1) is 0 Å². The Labute approximate surface area is 129 Å². The largest absolute Gasteiger partial charge is 0.0851 e. The smallest absolute Gasteiger partial charge is 0.0261 e. The van der Waals surface area contributed by atoms with Gasteiger partial charge in [0.05, 0.1) is 0 Å². The van der Waals surface area contributed by atoms with E-state index in [9.17, 15) is 0 Å². The van der Waals surface area contributed by atoms with E-state index in [1.165, 1.54) is 17.5 Å². The van der Waals surface area contributed by atoms with Crippen LogP contribution in [0, 0.1) is 0 Å². The average molecular weight is 298 g/mol. The molecule has 2 heteroatoms. The Kier molecular flexibility index (Phi) is 4.88. The van der Waals surface area contributed by atoms with Gasteiger partial charge in [-0.3, -0.25) is 0 Å². The molecule has 0 aromatic heterocycles. The molecule has 0 N–H and O–H groups in total. The summed E-state index contributed by atoms with van der Waals surface area (Å²) in [4.78, 5) is 0. The normalized spacial score (nSPS) is 21.8. The zero-order valence-corrected chi connectivity index (χ0v) is 12.9. The first-order valence-electron chi connectivity index (χ1n) is 7.01. The molecular weight excluding hydrogens is 280 g/mol. The van der Waals surface area contributed by atoms with Gasteiger partial charge in [-0.1, -0.05) is 88.3 Å². The van der Waals surface area contributed by atoms with Crippen molar-refractivity contribution in [1.82, 2.24) is 0 Å². The van der Waals surface area contributed by atoms with Gasteiger partial charge >= 0.3 is 0 Å². The van der Waals surface area contributed by atoms with Gasteiger partial charge in [0.25, 0.3) is 0 Å². The van der Waals surface area contributed by atoms with Crippen LogP contribution in [-0.2, 0) is 6.42 Å². The van der Waals surface area contributed by atoms with Crippen LogP contribution in [0.15, 0.2) is 72.1 Å². The Balaban J connectivity index is 1.70. The summed E-state index contributed by atoms with van der Waals surface area (Å²) in [7, 11) is 3.89. The van der Waals surface area contributed by atoms with E-state index in [4.69, 9.17) is 0 Å². The molecule has 2 unspecified atom stereocenters. The maximum atomic E-state index is 2.37. The lowest BCUT2D eigenvalue weighted by molar-refractivity contribution is 0.697. The van der Waals surface area contributed by atoms with Crippen molar-refractivity contribution in [1.29, 1.82) is 0 Å². The first-order chi connectivity index (χ1) is 9.93. The van der Waals surface area contributed by atoms with Gasteiger partial charge in [-0.05, 0) is 29.4 Å². The summed E-state index contributed by atoms with van der Waals surface area (Å²) >= 11 is 0. The van der Waals surface area contributed by atoms with Crippen molar-refractivity contribution in [3.05, 3.63) is 83.3 Å².